The van der Waals surface area contributed by atoms with Gasteiger partial charge >= 0.3 is 0 Å². The molecular weight excluding hydrogens is 358 g/mol. The number of amides is 2. The molecule has 1 unspecified atom stereocenters. The molecule has 1 spiro atoms. The second kappa shape index (κ2) is 7.04. The van der Waals surface area contributed by atoms with Gasteiger partial charge < -0.3 is 19.3 Å². The molecular formula is C21H27N3O4. The maximum atomic E-state index is 12.4. The van der Waals surface area contributed by atoms with Crippen LogP contribution in [0.1, 0.15) is 38.5 Å². The normalized spacial score (nSPS) is 27.8. The minimum Gasteiger partial charge on any atom is -0.365 e. The van der Waals surface area contributed by atoms with Crippen molar-refractivity contribution in [1.29, 1.82) is 0 Å². The predicted octanol–water partition coefficient (Wildman–Crippen LogP) is 1.80. The topological polar surface area (TPSA) is 71.1 Å². The minimum absolute atomic E-state index is 0.166. The molecule has 2 amide bonds. The number of ether oxygens (including phenoxy) is 2. The van der Waals surface area contributed by atoms with E-state index in [4.69, 9.17) is 9.47 Å². The number of benzene rings is 1. The number of anilines is 2. The van der Waals surface area contributed by atoms with Crippen molar-refractivity contribution in [1.82, 2.24) is 5.32 Å². The fourth-order valence-electron chi connectivity index (χ4n) is 5.23. The number of rotatable bonds is 2. The van der Waals surface area contributed by atoms with Crippen LogP contribution < -0.4 is 15.1 Å². The van der Waals surface area contributed by atoms with Gasteiger partial charge in [-0.1, -0.05) is 12.1 Å². The lowest BCUT2D eigenvalue weighted by molar-refractivity contribution is -0.178. The number of hydrogen-bond donors (Lipinski definition) is 1. The minimum atomic E-state index is -0.343. The van der Waals surface area contributed by atoms with Crippen LogP contribution in [0, 0.1) is 0 Å². The number of para-hydroxylation sites is 2. The van der Waals surface area contributed by atoms with Crippen molar-refractivity contribution in [2.24, 2.45) is 0 Å². The number of piperidine rings is 1. The lowest BCUT2D eigenvalue weighted by Crippen LogP contribution is -2.57. The first-order valence-corrected chi connectivity index (χ1v) is 10.4. The van der Waals surface area contributed by atoms with Gasteiger partial charge in [0.25, 0.3) is 0 Å². The van der Waals surface area contributed by atoms with Crippen molar-refractivity contribution < 1.29 is 19.1 Å². The van der Waals surface area contributed by atoms with E-state index in [1.165, 1.54) is 5.69 Å². The maximum absolute atomic E-state index is 12.4. The van der Waals surface area contributed by atoms with Crippen LogP contribution >= 0.6 is 0 Å². The molecule has 3 aliphatic heterocycles. The third kappa shape index (κ3) is 3.06. The van der Waals surface area contributed by atoms with E-state index >= 15 is 0 Å². The van der Waals surface area contributed by atoms with Gasteiger partial charge in [0.2, 0.25) is 11.8 Å². The zero-order valence-corrected chi connectivity index (χ0v) is 16.1. The summed E-state index contributed by atoms with van der Waals surface area (Å²) in [7, 11) is 0. The summed E-state index contributed by atoms with van der Waals surface area (Å²) in [5, 5.41) is 2.50. The molecule has 3 fully saturated rings. The highest BCUT2D eigenvalue weighted by atomic mass is 16.7. The Morgan fingerprint density at radius 3 is 2.25 bits per heavy atom. The number of carbonyl (C=O) groups is 2. The zero-order chi connectivity index (χ0) is 19.1. The van der Waals surface area contributed by atoms with Crippen molar-refractivity contribution in [3.05, 3.63) is 24.3 Å². The second-order valence-corrected chi connectivity index (χ2v) is 8.18. The summed E-state index contributed by atoms with van der Waals surface area (Å²) in [5.74, 6) is -0.680. The monoisotopic (exact) mass is 385 g/mol. The Hall–Kier alpha value is -2.12. The van der Waals surface area contributed by atoms with Gasteiger partial charge in [0, 0.05) is 38.4 Å². The van der Waals surface area contributed by atoms with E-state index in [2.05, 4.69) is 33.3 Å². The van der Waals surface area contributed by atoms with Crippen LogP contribution in [0.15, 0.2) is 24.3 Å². The van der Waals surface area contributed by atoms with Gasteiger partial charge in [-0.25, -0.2) is 0 Å². The van der Waals surface area contributed by atoms with Gasteiger partial charge in [0.15, 0.2) is 5.79 Å². The van der Waals surface area contributed by atoms with Gasteiger partial charge in [-0.2, -0.15) is 0 Å². The van der Waals surface area contributed by atoms with Crippen LogP contribution in [0.25, 0.3) is 0 Å². The summed E-state index contributed by atoms with van der Waals surface area (Å²) in [6.45, 7) is 3.09. The molecule has 1 aliphatic carbocycles. The Kier molecular flexibility index (Phi) is 4.51. The summed E-state index contributed by atoms with van der Waals surface area (Å²) in [6.07, 6.45) is 4.96. The Morgan fingerprint density at radius 1 is 0.929 bits per heavy atom. The molecule has 1 aromatic rings. The molecule has 1 N–H and O–H groups in total. The third-order valence-corrected chi connectivity index (χ3v) is 6.64. The number of nitrogens with zero attached hydrogens (tertiary/aromatic N) is 2. The lowest BCUT2D eigenvalue weighted by atomic mass is 9.88. The second-order valence-electron chi connectivity index (χ2n) is 8.18. The van der Waals surface area contributed by atoms with Crippen molar-refractivity contribution in [2.75, 3.05) is 36.1 Å². The zero-order valence-electron chi connectivity index (χ0n) is 16.1. The lowest BCUT2D eigenvalue weighted by Gasteiger charge is -2.47. The first-order chi connectivity index (χ1) is 13.7. The largest absolute Gasteiger partial charge is 0.365 e. The Labute approximate surface area is 165 Å². The molecule has 2 saturated heterocycles. The van der Waals surface area contributed by atoms with Crippen LogP contribution in [0.5, 0.6) is 0 Å². The molecule has 4 aliphatic rings. The van der Waals surface area contributed by atoms with Crippen LogP contribution in [-0.2, 0) is 19.1 Å². The van der Waals surface area contributed by atoms with Crippen LogP contribution in [0.2, 0.25) is 0 Å². The Balaban J connectivity index is 1.35. The number of fused-ring (bicyclic) bond motifs is 1. The summed E-state index contributed by atoms with van der Waals surface area (Å²) in [5.41, 5.74) is 2.28. The molecule has 0 aromatic heterocycles. The number of nitrogens with one attached hydrogen (secondary N) is 1. The highest BCUT2D eigenvalue weighted by Crippen LogP contribution is 2.42. The fourth-order valence-corrected chi connectivity index (χ4v) is 5.23. The first-order valence-electron chi connectivity index (χ1n) is 10.4. The van der Waals surface area contributed by atoms with E-state index < -0.39 is 0 Å². The summed E-state index contributed by atoms with van der Waals surface area (Å²) < 4.78 is 11.8. The van der Waals surface area contributed by atoms with Crippen LogP contribution in [-0.4, -0.2) is 56.0 Å². The first kappa shape index (κ1) is 17.9. The SMILES string of the molecule is O=C1CCC(N2CCN(C3CCC4(CC3)OCCO4)c3ccccc32)C(=O)N1. The van der Waals surface area contributed by atoms with Gasteiger partial charge in [-0.15, -0.1) is 0 Å². The molecule has 7 heteroatoms. The average Bonchev–Trinajstić information content (AvgIpc) is 3.16. The highest BCUT2D eigenvalue weighted by molar-refractivity contribution is 6.02. The predicted molar refractivity (Wildman–Crippen MR) is 104 cm³/mol. The van der Waals surface area contributed by atoms with Gasteiger partial charge in [-0.3, -0.25) is 14.9 Å². The molecule has 5 rings (SSSR count). The van der Waals surface area contributed by atoms with E-state index in [0.29, 0.717) is 32.1 Å². The summed E-state index contributed by atoms with van der Waals surface area (Å²) in [4.78, 5) is 28.6. The van der Waals surface area contributed by atoms with E-state index in [0.717, 1.165) is 44.5 Å². The maximum Gasteiger partial charge on any atom is 0.249 e. The van der Waals surface area contributed by atoms with Crippen molar-refractivity contribution in [2.45, 2.75) is 56.4 Å². The fraction of sp³-hybridized carbons (Fsp3) is 0.619. The smallest absolute Gasteiger partial charge is 0.249 e. The van der Waals surface area contributed by atoms with Crippen molar-refractivity contribution in [3.63, 3.8) is 0 Å². The van der Waals surface area contributed by atoms with E-state index in [-0.39, 0.29) is 23.6 Å². The molecule has 28 heavy (non-hydrogen) atoms. The highest BCUT2D eigenvalue weighted by Gasteiger charge is 2.43. The summed E-state index contributed by atoms with van der Waals surface area (Å²) in [6, 6.07) is 8.53. The van der Waals surface area contributed by atoms with Gasteiger partial charge in [0.05, 0.1) is 24.6 Å². The average molecular weight is 385 g/mol. The van der Waals surface area contributed by atoms with E-state index in [1.54, 1.807) is 0 Å². The standard InChI is InChI=1S/C21H27N3O4/c25-19-6-5-18(20(26)22-19)24-12-11-23(16-3-1-2-4-17(16)24)15-7-9-21(10-8-15)27-13-14-28-21/h1-4,15,18H,5-14H2,(H,22,25,26). The molecule has 0 radical (unpaired) electrons. The summed E-state index contributed by atoms with van der Waals surface area (Å²) >= 11 is 0. The van der Waals surface area contributed by atoms with E-state index in [1.807, 2.05) is 6.07 Å². The Morgan fingerprint density at radius 2 is 1.57 bits per heavy atom. The van der Waals surface area contributed by atoms with Crippen LogP contribution in [0.3, 0.4) is 0 Å². The quantitative estimate of drug-likeness (QED) is 0.783. The molecule has 150 valence electrons. The number of imide groups is 1. The van der Waals surface area contributed by atoms with Gasteiger partial charge in [0.1, 0.15) is 6.04 Å². The molecule has 3 heterocycles. The van der Waals surface area contributed by atoms with Crippen molar-refractivity contribution in [3.8, 4) is 0 Å². The third-order valence-electron chi connectivity index (χ3n) is 6.64. The molecule has 1 aromatic carbocycles. The molecule has 0 bridgehead atoms. The molecule has 7 nitrogen and oxygen atoms in total. The van der Waals surface area contributed by atoms with Gasteiger partial charge in [-0.05, 0) is 31.4 Å². The van der Waals surface area contributed by atoms with Crippen molar-refractivity contribution >= 4 is 23.2 Å². The number of carbonyl (C=O) groups excluding carboxylic acids is 2. The molecule has 1 saturated carbocycles. The molecule has 1 atom stereocenters. The van der Waals surface area contributed by atoms with Crippen LogP contribution in [0.4, 0.5) is 11.4 Å². The van der Waals surface area contributed by atoms with E-state index in [9.17, 15) is 9.59 Å². The number of hydrogen-bond acceptors (Lipinski definition) is 6. The Bertz CT molecular complexity index is 767.